The Hall–Kier alpha value is -3.44. The van der Waals surface area contributed by atoms with E-state index in [1.54, 1.807) is 21.3 Å². The molecule has 3 aromatic rings. The highest BCUT2D eigenvalue weighted by molar-refractivity contribution is 8.02. The van der Waals surface area contributed by atoms with Crippen molar-refractivity contribution in [2.45, 2.75) is 61.2 Å². The molecule has 5 atom stereocenters. The number of amides is 3. The zero-order chi connectivity index (χ0) is 27.9. The first-order valence-corrected chi connectivity index (χ1v) is 14.7. The van der Waals surface area contributed by atoms with E-state index < -0.39 is 27.4 Å². The van der Waals surface area contributed by atoms with Crippen LogP contribution in [-0.2, 0) is 21.1 Å². The fourth-order valence-corrected chi connectivity index (χ4v) is 9.32. The Labute approximate surface area is 236 Å². The first-order valence-electron chi connectivity index (χ1n) is 13.9. The van der Waals surface area contributed by atoms with Crippen molar-refractivity contribution in [1.82, 2.24) is 25.2 Å². The quantitative estimate of drug-likeness (QED) is 0.324. The summed E-state index contributed by atoms with van der Waals surface area (Å²) in [6.45, 7) is 2.69. The van der Waals surface area contributed by atoms with Gasteiger partial charge in [-0.2, -0.15) is 0 Å². The molecule has 3 fully saturated rings. The molecule has 3 amide bonds. The summed E-state index contributed by atoms with van der Waals surface area (Å²) < 4.78 is 0.514. The van der Waals surface area contributed by atoms with Crippen molar-refractivity contribution in [3.05, 3.63) is 54.6 Å². The average Bonchev–Trinajstić information content (AvgIpc) is 3.66. The van der Waals surface area contributed by atoms with Crippen LogP contribution in [0.5, 0.6) is 0 Å². The van der Waals surface area contributed by atoms with Gasteiger partial charge in [0.2, 0.25) is 17.7 Å². The van der Waals surface area contributed by atoms with Crippen LogP contribution in [0.25, 0.3) is 11.0 Å². The molecule has 2 unspecified atom stereocenters. The molecule has 0 aliphatic carbocycles. The second-order valence-electron chi connectivity index (χ2n) is 11.2. The van der Waals surface area contributed by atoms with Crippen LogP contribution in [0.4, 0.5) is 5.69 Å². The summed E-state index contributed by atoms with van der Waals surface area (Å²) in [7, 11) is 0. The van der Waals surface area contributed by atoms with Crippen molar-refractivity contribution in [3.8, 4) is 0 Å². The number of thioether (sulfide) groups is 1. The number of carbonyl (C=O) groups is 3. The van der Waals surface area contributed by atoms with Crippen LogP contribution < -0.4 is 10.6 Å². The molecule has 1 spiro atoms. The second kappa shape index (κ2) is 10.5. The number of aromatic nitrogens is 3. The number of hydrogen-bond donors (Lipinski definition) is 3. The predicted octanol–water partition coefficient (Wildman–Crippen LogP) is 2.79. The number of aliphatic hydroxyl groups excluding tert-OH is 1. The Morgan fingerprint density at radius 2 is 1.82 bits per heavy atom. The van der Waals surface area contributed by atoms with Crippen LogP contribution >= 0.6 is 11.8 Å². The number of aliphatic hydroxyl groups is 1. The van der Waals surface area contributed by atoms with Gasteiger partial charge < -0.3 is 20.6 Å². The number of nitrogens with zero attached hydrogens (tertiary/aromatic N) is 4. The van der Waals surface area contributed by atoms with Gasteiger partial charge in [0.05, 0.1) is 22.1 Å². The van der Waals surface area contributed by atoms with Crippen LogP contribution in [0, 0.1) is 11.8 Å². The van der Waals surface area contributed by atoms with Crippen molar-refractivity contribution in [2.75, 3.05) is 18.5 Å². The lowest BCUT2D eigenvalue weighted by atomic mass is 9.66. The minimum atomic E-state index is -0.699. The number of nitrogens with one attached hydrogen (secondary N) is 2. The molecule has 3 saturated heterocycles. The lowest BCUT2D eigenvalue weighted by molar-refractivity contribution is -0.139. The summed E-state index contributed by atoms with van der Waals surface area (Å²) in [6.07, 6.45) is 3.51. The number of anilines is 1. The van der Waals surface area contributed by atoms with Crippen LogP contribution in [0.1, 0.15) is 39.0 Å². The summed E-state index contributed by atoms with van der Waals surface area (Å²) >= 11 is 1.65. The molecule has 10 nitrogen and oxygen atoms in total. The first kappa shape index (κ1) is 26.8. The van der Waals surface area contributed by atoms with E-state index in [1.165, 1.54) is 0 Å². The van der Waals surface area contributed by atoms with E-state index in [-0.39, 0.29) is 31.0 Å². The van der Waals surface area contributed by atoms with Crippen molar-refractivity contribution >= 4 is 46.2 Å². The van der Waals surface area contributed by atoms with Gasteiger partial charge in [0, 0.05) is 23.6 Å². The fourth-order valence-electron chi connectivity index (χ4n) is 6.96. The van der Waals surface area contributed by atoms with Gasteiger partial charge in [-0.05, 0) is 63.3 Å². The van der Waals surface area contributed by atoms with E-state index in [0.717, 1.165) is 23.9 Å². The van der Waals surface area contributed by atoms with Gasteiger partial charge >= 0.3 is 0 Å². The van der Waals surface area contributed by atoms with Gasteiger partial charge in [-0.25, -0.2) is 4.68 Å². The normalized spacial score (nSPS) is 28.7. The number of fused-ring (bicyclic) bond motifs is 2. The van der Waals surface area contributed by atoms with E-state index >= 15 is 0 Å². The Kier molecular flexibility index (Phi) is 7.03. The largest absolute Gasteiger partial charge is 0.396 e. The molecule has 2 aromatic carbocycles. The maximum Gasteiger partial charge on any atom is 0.245 e. The number of hydrogen-bond acceptors (Lipinski definition) is 7. The van der Waals surface area contributed by atoms with E-state index in [4.69, 9.17) is 0 Å². The fraction of sp³-hybridized carbons (Fsp3) is 0.483. The molecule has 40 heavy (non-hydrogen) atoms. The topological polar surface area (TPSA) is 129 Å². The highest BCUT2D eigenvalue weighted by atomic mass is 32.2. The van der Waals surface area contributed by atoms with E-state index in [2.05, 4.69) is 27.9 Å². The lowest BCUT2D eigenvalue weighted by Crippen LogP contribution is -2.54. The zero-order valence-corrected chi connectivity index (χ0v) is 23.3. The van der Waals surface area contributed by atoms with Crippen molar-refractivity contribution in [1.29, 1.82) is 0 Å². The van der Waals surface area contributed by atoms with E-state index in [0.29, 0.717) is 31.5 Å². The zero-order valence-electron chi connectivity index (χ0n) is 22.5. The van der Waals surface area contributed by atoms with Crippen molar-refractivity contribution < 1.29 is 19.5 Å². The predicted molar refractivity (Wildman–Crippen MR) is 152 cm³/mol. The number of para-hydroxylation sites is 2. The minimum absolute atomic E-state index is 0.0895. The SMILES string of the molecule is C[C@]12CCC3(S1)C(C(=O)NCn1nnc4ccccc41)N(CCCCCO)C(=O)[C@@H]3[C@H]2C(=O)Nc1ccccc1. The third-order valence-electron chi connectivity index (χ3n) is 8.73. The molecular formula is C29H34N6O4S. The first-order chi connectivity index (χ1) is 19.4. The molecule has 2 bridgehead atoms. The van der Waals surface area contributed by atoms with Gasteiger partial charge in [0.1, 0.15) is 18.2 Å². The Bertz CT molecular complexity index is 1430. The molecule has 3 aliphatic heterocycles. The molecule has 0 radical (unpaired) electrons. The maximum atomic E-state index is 14.1. The molecule has 3 N–H and O–H groups in total. The maximum absolute atomic E-state index is 14.1. The summed E-state index contributed by atoms with van der Waals surface area (Å²) in [5.74, 6) is -1.66. The highest BCUT2D eigenvalue weighted by Gasteiger charge is 2.77. The van der Waals surface area contributed by atoms with E-state index in [1.807, 2.05) is 54.6 Å². The molecule has 0 saturated carbocycles. The minimum Gasteiger partial charge on any atom is -0.396 e. The van der Waals surface area contributed by atoms with Gasteiger partial charge in [-0.15, -0.1) is 16.9 Å². The van der Waals surface area contributed by atoms with Crippen LogP contribution in [0.15, 0.2) is 54.6 Å². The average molecular weight is 563 g/mol. The second-order valence-corrected chi connectivity index (χ2v) is 13.1. The Balaban J connectivity index is 1.29. The molecule has 4 heterocycles. The van der Waals surface area contributed by atoms with Crippen LogP contribution in [-0.4, -0.2) is 71.4 Å². The molecular weight excluding hydrogens is 528 g/mol. The van der Waals surface area contributed by atoms with Crippen molar-refractivity contribution in [2.24, 2.45) is 11.8 Å². The molecule has 210 valence electrons. The monoisotopic (exact) mass is 562 g/mol. The van der Waals surface area contributed by atoms with Gasteiger partial charge in [-0.3, -0.25) is 14.4 Å². The number of carbonyl (C=O) groups excluding carboxylic acids is 3. The number of rotatable bonds is 10. The standard InChI is InChI=1S/C29H34N6O4S/c1-28-14-15-29(40-28)23(22(28)25(37)31-19-10-4-2-5-11-19)27(39)34(16-8-3-9-17-36)24(29)26(38)30-18-35-21-13-7-6-12-20(21)32-33-35/h2,4-7,10-13,22-24,36H,3,8-9,14-18H2,1H3,(H,30,38)(H,31,37)/t22-,23-,24?,28+,29?/m0/s1. The lowest BCUT2D eigenvalue weighted by Gasteiger charge is -2.34. The van der Waals surface area contributed by atoms with Crippen LogP contribution in [0.3, 0.4) is 0 Å². The third-order valence-corrected chi connectivity index (χ3v) is 10.7. The van der Waals surface area contributed by atoms with Crippen LogP contribution in [0.2, 0.25) is 0 Å². The van der Waals surface area contributed by atoms with Gasteiger partial charge in [-0.1, -0.05) is 35.5 Å². The third kappa shape index (κ3) is 4.35. The summed E-state index contributed by atoms with van der Waals surface area (Å²) in [5, 5.41) is 23.7. The summed E-state index contributed by atoms with van der Waals surface area (Å²) in [5.41, 5.74) is 2.24. The molecule has 11 heteroatoms. The molecule has 3 aliphatic rings. The summed E-state index contributed by atoms with van der Waals surface area (Å²) in [4.78, 5) is 43.6. The van der Waals surface area contributed by atoms with Crippen molar-refractivity contribution in [3.63, 3.8) is 0 Å². The Morgan fingerprint density at radius 3 is 2.62 bits per heavy atom. The smallest absolute Gasteiger partial charge is 0.245 e. The highest BCUT2D eigenvalue weighted by Crippen LogP contribution is 2.71. The van der Waals surface area contributed by atoms with Gasteiger partial charge in [0.25, 0.3) is 0 Å². The summed E-state index contributed by atoms with van der Waals surface area (Å²) in [6, 6.07) is 16.1. The number of benzene rings is 2. The number of likely N-dealkylation sites (tertiary alicyclic amines) is 1. The van der Waals surface area contributed by atoms with Gasteiger partial charge in [0.15, 0.2) is 0 Å². The molecule has 1 aromatic heterocycles. The van der Waals surface area contributed by atoms with E-state index in [9.17, 15) is 19.5 Å². The number of unbranched alkanes of at least 4 members (excludes halogenated alkanes) is 2. The molecule has 6 rings (SSSR count). The Morgan fingerprint density at radius 1 is 1.05 bits per heavy atom.